The van der Waals surface area contributed by atoms with Gasteiger partial charge in [-0.1, -0.05) is 18.2 Å². The predicted molar refractivity (Wildman–Crippen MR) is 98.9 cm³/mol. The number of thiophene rings is 1. The van der Waals surface area contributed by atoms with Crippen LogP contribution in [0.1, 0.15) is 35.1 Å². The van der Waals surface area contributed by atoms with Gasteiger partial charge < -0.3 is 10.1 Å². The maximum absolute atomic E-state index is 12.4. The quantitative estimate of drug-likeness (QED) is 0.691. The summed E-state index contributed by atoms with van der Waals surface area (Å²) in [4.78, 5) is 18.5. The molecule has 0 saturated heterocycles. The van der Waals surface area contributed by atoms with E-state index in [-0.39, 0.29) is 11.9 Å². The Morgan fingerprint density at radius 3 is 2.75 bits per heavy atom. The summed E-state index contributed by atoms with van der Waals surface area (Å²) in [6.07, 6.45) is 1.64. The Balaban J connectivity index is 1.65. The zero-order valence-electron chi connectivity index (χ0n) is 13.5. The maximum atomic E-state index is 12.4. The number of aromatic nitrogens is 1. The van der Waals surface area contributed by atoms with Gasteiger partial charge in [-0.3, -0.25) is 4.79 Å². The lowest BCUT2D eigenvalue weighted by molar-refractivity contribution is 0.0944. The van der Waals surface area contributed by atoms with Crippen molar-refractivity contribution >= 4 is 28.6 Å². The highest BCUT2D eigenvalue weighted by atomic mass is 32.1. The van der Waals surface area contributed by atoms with E-state index in [2.05, 4.69) is 10.3 Å². The molecule has 24 heavy (non-hydrogen) atoms. The third-order valence-electron chi connectivity index (χ3n) is 3.50. The van der Waals surface area contributed by atoms with Gasteiger partial charge in [0.25, 0.3) is 5.91 Å². The molecule has 0 aliphatic rings. The Bertz CT molecular complexity index is 795. The molecule has 0 fully saturated rings. The zero-order valence-corrected chi connectivity index (χ0v) is 15.1. The molecular formula is C18H18N2O2S2. The summed E-state index contributed by atoms with van der Waals surface area (Å²) in [5.74, 6) is 0.736. The summed E-state index contributed by atoms with van der Waals surface area (Å²) < 4.78 is 5.44. The van der Waals surface area contributed by atoms with Crippen LogP contribution in [0.15, 0.2) is 48.0 Å². The van der Waals surface area contributed by atoms with Crippen LogP contribution in [0.3, 0.4) is 0 Å². The molecule has 0 aliphatic carbocycles. The van der Waals surface area contributed by atoms with Crippen molar-refractivity contribution in [3.8, 4) is 15.6 Å². The van der Waals surface area contributed by atoms with Gasteiger partial charge in [-0.15, -0.1) is 22.7 Å². The Labute approximate surface area is 149 Å². The molecule has 1 unspecified atom stereocenters. The topological polar surface area (TPSA) is 51.2 Å². The fourth-order valence-corrected chi connectivity index (χ4v) is 3.89. The van der Waals surface area contributed by atoms with Crippen LogP contribution in [0.5, 0.6) is 5.75 Å². The van der Waals surface area contributed by atoms with Crippen molar-refractivity contribution in [1.82, 2.24) is 10.3 Å². The van der Waals surface area contributed by atoms with Crippen LogP contribution in [-0.4, -0.2) is 17.5 Å². The second-order valence-corrected chi connectivity index (χ2v) is 7.18. The number of hydrogen-bond acceptors (Lipinski definition) is 5. The van der Waals surface area contributed by atoms with Crippen LogP contribution in [0.2, 0.25) is 0 Å². The number of carbonyl (C=O) groups excluding carboxylic acids is 1. The fourth-order valence-electron chi connectivity index (χ4n) is 2.26. The molecule has 2 aromatic heterocycles. The van der Waals surface area contributed by atoms with Gasteiger partial charge in [-0.2, -0.15) is 0 Å². The molecule has 3 aromatic rings. The SMILES string of the molecule is CCOc1ccc(C(C)NC(=O)c2cnc(-c3cccs3)s2)cc1. The lowest BCUT2D eigenvalue weighted by atomic mass is 10.1. The number of amides is 1. The van der Waals surface area contributed by atoms with Crippen molar-refractivity contribution in [2.45, 2.75) is 19.9 Å². The van der Waals surface area contributed by atoms with E-state index < -0.39 is 0 Å². The van der Waals surface area contributed by atoms with E-state index in [1.54, 1.807) is 17.5 Å². The van der Waals surface area contributed by atoms with Crippen LogP contribution < -0.4 is 10.1 Å². The van der Waals surface area contributed by atoms with Gasteiger partial charge in [0.2, 0.25) is 0 Å². The van der Waals surface area contributed by atoms with Crippen molar-refractivity contribution < 1.29 is 9.53 Å². The second-order valence-electron chi connectivity index (χ2n) is 5.20. The molecule has 3 rings (SSSR count). The Morgan fingerprint density at radius 2 is 2.08 bits per heavy atom. The Hall–Kier alpha value is -2.18. The average Bonchev–Trinajstić information content (AvgIpc) is 3.27. The molecule has 0 radical (unpaired) electrons. The molecule has 1 N–H and O–H groups in total. The van der Waals surface area contributed by atoms with E-state index in [1.165, 1.54) is 11.3 Å². The Kier molecular flexibility index (Phi) is 5.27. The number of nitrogens with zero attached hydrogens (tertiary/aromatic N) is 1. The molecule has 1 atom stereocenters. The second kappa shape index (κ2) is 7.59. The molecule has 6 heteroatoms. The monoisotopic (exact) mass is 358 g/mol. The summed E-state index contributed by atoms with van der Waals surface area (Å²) in [5, 5.41) is 5.90. The van der Waals surface area contributed by atoms with Gasteiger partial charge in [0, 0.05) is 0 Å². The Morgan fingerprint density at radius 1 is 1.29 bits per heavy atom. The first-order valence-corrected chi connectivity index (χ1v) is 9.40. The van der Waals surface area contributed by atoms with Gasteiger partial charge in [-0.05, 0) is 43.0 Å². The van der Waals surface area contributed by atoms with E-state index in [0.29, 0.717) is 11.5 Å². The first-order valence-electron chi connectivity index (χ1n) is 7.70. The normalized spacial score (nSPS) is 11.9. The number of ether oxygens (including phenoxy) is 1. The first kappa shape index (κ1) is 16.7. The highest BCUT2D eigenvalue weighted by molar-refractivity contribution is 7.21. The van der Waals surface area contributed by atoms with Crippen LogP contribution in [0.4, 0.5) is 0 Å². The molecular weight excluding hydrogens is 340 g/mol. The first-order chi connectivity index (χ1) is 11.7. The predicted octanol–water partition coefficient (Wildman–Crippen LogP) is 4.76. The average molecular weight is 358 g/mol. The van der Waals surface area contributed by atoms with Crippen molar-refractivity contribution in [2.24, 2.45) is 0 Å². The van der Waals surface area contributed by atoms with Gasteiger partial charge in [0.05, 0.1) is 23.7 Å². The maximum Gasteiger partial charge on any atom is 0.263 e. The summed E-state index contributed by atoms with van der Waals surface area (Å²) in [6, 6.07) is 11.7. The van der Waals surface area contributed by atoms with E-state index in [9.17, 15) is 4.79 Å². The molecule has 2 heterocycles. The molecule has 0 aliphatic heterocycles. The van der Waals surface area contributed by atoms with Crippen molar-refractivity contribution in [1.29, 1.82) is 0 Å². The third-order valence-corrected chi connectivity index (χ3v) is 5.54. The molecule has 0 bridgehead atoms. The summed E-state index contributed by atoms with van der Waals surface area (Å²) in [6.45, 7) is 4.56. The van der Waals surface area contributed by atoms with Crippen molar-refractivity contribution in [2.75, 3.05) is 6.61 Å². The summed E-state index contributed by atoms with van der Waals surface area (Å²) in [5.41, 5.74) is 1.04. The molecule has 1 aromatic carbocycles. The fraction of sp³-hybridized carbons (Fsp3) is 0.222. The van der Waals surface area contributed by atoms with Crippen LogP contribution >= 0.6 is 22.7 Å². The van der Waals surface area contributed by atoms with Gasteiger partial charge in [0.15, 0.2) is 0 Å². The lowest BCUT2D eigenvalue weighted by Gasteiger charge is -2.14. The van der Waals surface area contributed by atoms with E-state index >= 15 is 0 Å². The highest BCUT2D eigenvalue weighted by Gasteiger charge is 2.15. The molecule has 1 amide bonds. The smallest absolute Gasteiger partial charge is 0.263 e. The third kappa shape index (κ3) is 3.83. The van der Waals surface area contributed by atoms with E-state index in [4.69, 9.17) is 4.74 Å². The largest absolute Gasteiger partial charge is 0.494 e. The number of rotatable bonds is 6. The number of carbonyl (C=O) groups is 1. The summed E-state index contributed by atoms with van der Waals surface area (Å²) >= 11 is 3.03. The minimum atomic E-state index is -0.100. The van der Waals surface area contributed by atoms with Crippen LogP contribution in [-0.2, 0) is 0 Å². The number of nitrogens with one attached hydrogen (secondary N) is 1. The highest BCUT2D eigenvalue weighted by Crippen LogP contribution is 2.29. The van der Waals surface area contributed by atoms with E-state index in [0.717, 1.165) is 21.2 Å². The van der Waals surface area contributed by atoms with Crippen LogP contribution in [0.25, 0.3) is 9.88 Å². The number of benzene rings is 1. The molecule has 4 nitrogen and oxygen atoms in total. The van der Waals surface area contributed by atoms with Gasteiger partial charge >= 0.3 is 0 Å². The van der Waals surface area contributed by atoms with Crippen LogP contribution in [0, 0.1) is 0 Å². The summed E-state index contributed by atoms with van der Waals surface area (Å²) in [7, 11) is 0. The number of hydrogen-bond donors (Lipinski definition) is 1. The minimum Gasteiger partial charge on any atom is -0.494 e. The molecule has 0 spiro atoms. The minimum absolute atomic E-state index is 0.0829. The van der Waals surface area contributed by atoms with Crippen molar-refractivity contribution in [3.05, 3.63) is 58.4 Å². The zero-order chi connectivity index (χ0) is 16.9. The van der Waals surface area contributed by atoms with Crippen molar-refractivity contribution in [3.63, 3.8) is 0 Å². The number of thiazole rings is 1. The standard InChI is InChI=1S/C18H18N2O2S2/c1-3-22-14-8-6-13(7-9-14)12(2)20-17(21)16-11-19-18(24-16)15-5-4-10-23-15/h4-12H,3H2,1-2H3,(H,20,21). The van der Waals surface area contributed by atoms with Gasteiger partial charge in [0.1, 0.15) is 15.6 Å². The molecule has 124 valence electrons. The van der Waals surface area contributed by atoms with Gasteiger partial charge in [-0.25, -0.2) is 4.98 Å². The van der Waals surface area contributed by atoms with E-state index in [1.807, 2.05) is 55.6 Å². The lowest BCUT2D eigenvalue weighted by Crippen LogP contribution is -2.25. The molecule has 0 saturated carbocycles.